The van der Waals surface area contributed by atoms with Crippen molar-refractivity contribution in [2.75, 3.05) is 0 Å². The first kappa shape index (κ1) is 16.0. The Hall–Kier alpha value is -1.44. The van der Waals surface area contributed by atoms with E-state index in [2.05, 4.69) is 16.5 Å². The van der Waals surface area contributed by atoms with Crippen molar-refractivity contribution in [3.05, 3.63) is 35.2 Å². The first-order valence-corrected chi connectivity index (χ1v) is 5.43. The lowest BCUT2D eigenvalue weighted by molar-refractivity contribution is 1.10. The Morgan fingerprint density at radius 2 is 1.60 bits per heavy atom. The Kier molecular flexibility index (Phi) is 13.4. The van der Waals surface area contributed by atoms with Crippen molar-refractivity contribution in [3.8, 4) is 0 Å². The quantitative estimate of drug-likeness (QED) is 0.704. The van der Waals surface area contributed by atoms with Crippen LogP contribution < -0.4 is 10.7 Å². The second-order valence-corrected chi connectivity index (χ2v) is 2.08. The molecule has 0 aromatic carbocycles. The fraction of sp³-hybridized carbons (Fsp3) is 0.385. The number of allylic oxidation sites excluding steroid dienone is 2. The Bertz CT molecular complexity index is 353. The summed E-state index contributed by atoms with van der Waals surface area (Å²) in [6.45, 7) is 13.7. The zero-order valence-electron chi connectivity index (χ0n) is 10.5. The highest BCUT2D eigenvalue weighted by atomic mass is 14.7. The van der Waals surface area contributed by atoms with E-state index in [0.29, 0.717) is 5.35 Å². The zero-order chi connectivity index (χ0) is 12.1. The molecule has 0 atom stereocenters. The molecule has 15 heavy (non-hydrogen) atoms. The van der Waals surface area contributed by atoms with E-state index in [1.165, 1.54) is 0 Å². The third-order valence-electron chi connectivity index (χ3n) is 1.25. The first-order chi connectivity index (χ1) is 7.34. The molecule has 84 valence electrons. The maximum absolute atomic E-state index is 4.08. The van der Waals surface area contributed by atoms with Crippen molar-refractivity contribution < 1.29 is 0 Å². The summed E-state index contributed by atoms with van der Waals surface area (Å²) in [7, 11) is 0. The van der Waals surface area contributed by atoms with Gasteiger partial charge in [0.2, 0.25) is 0 Å². The second-order valence-electron chi connectivity index (χ2n) is 2.08. The molecule has 2 nitrogen and oxygen atoms in total. The summed E-state index contributed by atoms with van der Waals surface area (Å²) in [5.41, 5.74) is 0. The van der Waals surface area contributed by atoms with Crippen molar-refractivity contribution in [2.24, 2.45) is 0 Å². The number of aromatic nitrogens is 2. The van der Waals surface area contributed by atoms with Gasteiger partial charge in [0.05, 0.1) is 10.7 Å². The average molecular weight is 206 g/mol. The molecule has 0 bridgehead atoms. The van der Waals surface area contributed by atoms with Crippen LogP contribution in [0.3, 0.4) is 0 Å². The van der Waals surface area contributed by atoms with Crippen molar-refractivity contribution >= 4 is 12.7 Å². The zero-order valence-corrected chi connectivity index (χ0v) is 10.5. The van der Waals surface area contributed by atoms with E-state index in [0.717, 1.165) is 5.35 Å². The van der Waals surface area contributed by atoms with E-state index in [1.54, 1.807) is 12.4 Å². The summed E-state index contributed by atoms with van der Waals surface area (Å²) in [5.74, 6) is 0. The Morgan fingerprint density at radius 3 is 2.07 bits per heavy atom. The Balaban J connectivity index is 0. The van der Waals surface area contributed by atoms with Gasteiger partial charge in [-0.3, -0.25) is 9.97 Å². The van der Waals surface area contributed by atoms with Crippen LogP contribution in [0.15, 0.2) is 24.5 Å². The molecule has 1 aromatic heterocycles. The molecule has 2 heteroatoms. The standard InChI is InChI=1S/C9H10N2.2C2H6/c1-3-4-5-9-8(2)10-6-7-11-9;2*1-2/h3-7H,2H2,1H3;2*1-2H3/b4-3-,9-5+;;. The molecule has 0 aliphatic heterocycles. The lowest BCUT2D eigenvalue weighted by Crippen LogP contribution is -2.28. The lowest BCUT2D eigenvalue weighted by Gasteiger charge is -1.83. The summed E-state index contributed by atoms with van der Waals surface area (Å²) in [6.07, 6.45) is 9.03. The van der Waals surface area contributed by atoms with Crippen molar-refractivity contribution in [2.45, 2.75) is 34.6 Å². The van der Waals surface area contributed by atoms with Gasteiger partial charge in [0.15, 0.2) is 0 Å². The van der Waals surface area contributed by atoms with Gasteiger partial charge in [0, 0.05) is 12.4 Å². The Morgan fingerprint density at radius 1 is 1.07 bits per heavy atom. The summed E-state index contributed by atoms with van der Waals surface area (Å²) in [6, 6.07) is 0. The molecule has 1 heterocycles. The molecule has 0 unspecified atom stereocenters. The van der Waals surface area contributed by atoms with Gasteiger partial charge in [-0.2, -0.15) is 0 Å². The third-order valence-corrected chi connectivity index (χ3v) is 1.25. The topological polar surface area (TPSA) is 25.8 Å². The highest BCUT2D eigenvalue weighted by Gasteiger charge is 1.78. The van der Waals surface area contributed by atoms with Gasteiger partial charge >= 0.3 is 0 Å². The van der Waals surface area contributed by atoms with Gasteiger partial charge < -0.3 is 0 Å². The summed E-state index contributed by atoms with van der Waals surface area (Å²) in [4.78, 5) is 8.08. The van der Waals surface area contributed by atoms with E-state index in [9.17, 15) is 0 Å². The van der Waals surface area contributed by atoms with Crippen molar-refractivity contribution in [3.63, 3.8) is 0 Å². The van der Waals surface area contributed by atoms with Crippen molar-refractivity contribution in [1.29, 1.82) is 0 Å². The van der Waals surface area contributed by atoms with Crippen LogP contribution in [-0.2, 0) is 0 Å². The molecule has 0 saturated heterocycles. The largest absolute Gasteiger partial charge is 0.254 e. The molecule has 0 N–H and O–H groups in total. The molecule has 0 radical (unpaired) electrons. The van der Waals surface area contributed by atoms with Crippen LogP contribution in [0.2, 0.25) is 0 Å². The normalized spacial score (nSPS) is 10.1. The number of hydrogen-bond donors (Lipinski definition) is 0. The van der Waals surface area contributed by atoms with E-state index in [-0.39, 0.29) is 0 Å². The summed E-state index contributed by atoms with van der Waals surface area (Å²) in [5, 5.41) is 1.54. The van der Waals surface area contributed by atoms with E-state index in [1.807, 2.05) is 52.8 Å². The fourth-order valence-electron chi connectivity index (χ4n) is 0.704. The van der Waals surface area contributed by atoms with E-state index < -0.39 is 0 Å². The van der Waals surface area contributed by atoms with Crippen LogP contribution in [0.4, 0.5) is 0 Å². The number of nitrogens with zero attached hydrogens (tertiary/aromatic N) is 2. The summed E-state index contributed by atoms with van der Waals surface area (Å²) >= 11 is 0. The van der Waals surface area contributed by atoms with Crippen LogP contribution >= 0.6 is 0 Å². The molecule has 0 aliphatic carbocycles. The third kappa shape index (κ3) is 7.62. The van der Waals surface area contributed by atoms with Crippen LogP contribution in [0.25, 0.3) is 12.7 Å². The number of hydrogen-bond acceptors (Lipinski definition) is 2. The highest BCUT2D eigenvalue weighted by molar-refractivity contribution is 5.33. The molecule has 0 spiro atoms. The molecule has 1 aromatic rings. The fourth-order valence-corrected chi connectivity index (χ4v) is 0.704. The maximum Gasteiger partial charge on any atom is 0.0880 e. The minimum Gasteiger partial charge on any atom is -0.254 e. The number of rotatable bonds is 1. The molecule has 0 aliphatic rings. The van der Waals surface area contributed by atoms with E-state index >= 15 is 0 Å². The molecular formula is C13H22N2. The van der Waals surface area contributed by atoms with Crippen LogP contribution in [0, 0.1) is 0 Å². The molecule has 0 fully saturated rings. The van der Waals surface area contributed by atoms with Crippen LogP contribution in [0.1, 0.15) is 34.6 Å². The lowest BCUT2D eigenvalue weighted by atomic mass is 10.4. The predicted octanol–water partition coefficient (Wildman–Crippen LogP) is 2.30. The minimum absolute atomic E-state index is 0.714. The van der Waals surface area contributed by atoms with Gasteiger partial charge in [-0.25, -0.2) is 0 Å². The summed E-state index contributed by atoms with van der Waals surface area (Å²) < 4.78 is 0. The van der Waals surface area contributed by atoms with Crippen LogP contribution in [0.5, 0.6) is 0 Å². The van der Waals surface area contributed by atoms with Gasteiger partial charge in [-0.15, -0.1) is 0 Å². The van der Waals surface area contributed by atoms with Gasteiger partial charge in [-0.05, 0) is 13.0 Å². The molecule has 1 rings (SSSR count). The van der Waals surface area contributed by atoms with E-state index in [4.69, 9.17) is 0 Å². The second kappa shape index (κ2) is 12.6. The van der Waals surface area contributed by atoms with Crippen molar-refractivity contribution in [1.82, 2.24) is 9.97 Å². The SMILES string of the molecule is C=c1nccn/c1=C/C=C\C.CC.CC. The monoisotopic (exact) mass is 206 g/mol. The predicted molar refractivity (Wildman–Crippen MR) is 68.8 cm³/mol. The van der Waals surface area contributed by atoms with Gasteiger partial charge in [0.25, 0.3) is 0 Å². The maximum atomic E-state index is 4.08. The highest BCUT2D eigenvalue weighted by Crippen LogP contribution is 1.68. The van der Waals surface area contributed by atoms with Crippen LogP contribution in [-0.4, -0.2) is 9.97 Å². The van der Waals surface area contributed by atoms with Gasteiger partial charge in [0.1, 0.15) is 0 Å². The molecule has 0 amide bonds. The molecular weight excluding hydrogens is 184 g/mol. The first-order valence-electron chi connectivity index (χ1n) is 5.43. The minimum atomic E-state index is 0.714. The average Bonchev–Trinajstić information content (AvgIpc) is 2.33. The molecule has 0 saturated carbocycles. The Labute approximate surface area is 93.1 Å². The smallest absolute Gasteiger partial charge is 0.0880 e. The van der Waals surface area contributed by atoms with Gasteiger partial charge in [-0.1, -0.05) is 46.4 Å².